The summed E-state index contributed by atoms with van der Waals surface area (Å²) in [5.74, 6) is 0.939. The quantitative estimate of drug-likeness (QED) is 0.897. The first-order valence-corrected chi connectivity index (χ1v) is 7.07. The second kappa shape index (κ2) is 6.73. The fourth-order valence-corrected chi connectivity index (χ4v) is 2.46. The van der Waals surface area contributed by atoms with Gasteiger partial charge in [-0.05, 0) is 35.7 Å². The van der Waals surface area contributed by atoms with E-state index in [4.69, 9.17) is 4.74 Å². The average Bonchev–Trinajstić information content (AvgIpc) is 2.41. The van der Waals surface area contributed by atoms with Crippen LogP contribution in [0.25, 0.3) is 0 Å². The molecule has 0 radical (unpaired) electrons. The topological polar surface area (TPSA) is 21.3 Å². The van der Waals surface area contributed by atoms with Crippen molar-refractivity contribution >= 4 is 15.9 Å². The summed E-state index contributed by atoms with van der Waals surface area (Å²) in [4.78, 5) is 0. The number of nitrogens with one attached hydrogen (secondary N) is 1. The molecule has 0 saturated heterocycles. The molecule has 2 nitrogen and oxygen atoms in total. The summed E-state index contributed by atoms with van der Waals surface area (Å²) in [5.41, 5.74) is 3.71. The molecule has 0 aliphatic rings. The zero-order valence-electron chi connectivity index (χ0n) is 11.2. The Balaban J connectivity index is 1.93. The first-order chi connectivity index (χ1) is 9.20. The maximum Gasteiger partial charge on any atom is 0.121 e. The number of hydrogen-bond acceptors (Lipinski definition) is 2. The van der Waals surface area contributed by atoms with E-state index in [0.717, 1.165) is 23.3 Å². The normalized spacial score (nSPS) is 10.5. The van der Waals surface area contributed by atoms with Gasteiger partial charge in [-0.15, -0.1) is 0 Å². The standard InChI is InChI=1S/C16H18BrNO/c1-12-9-13(7-8-16(12)19-2)10-18-11-14-5-3-4-6-15(14)17/h3-9,18H,10-11H2,1-2H3. The molecule has 0 unspecified atom stereocenters. The second-order valence-electron chi connectivity index (χ2n) is 4.50. The monoisotopic (exact) mass is 319 g/mol. The molecule has 2 aromatic rings. The zero-order valence-corrected chi connectivity index (χ0v) is 12.8. The third-order valence-corrected chi connectivity index (χ3v) is 3.84. The Morgan fingerprint density at radius 1 is 1.11 bits per heavy atom. The predicted octanol–water partition coefficient (Wildman–Crippen LogP) is 4.06. The minimum atomic E-state index is 0.853. The van der Waals surface area contributed by atoms with Crippen LogP contribution in [0.3, 0.4) is 0 Å². The smallest absolute Gasteiger partial charge is 0.121 e. The molecule has 0 bridgehead atoms. The molecule has 0 fully saturated rings. The van der Waals surface area contributed by atoms with Crippen molar-refractivity contribution in [2.24, 2.45) is 0 Å². The van der Waals surface area contributed by atoms with Gasteiger partial charge >= 0.3 is 0 Å². The first-order valence-electron chi connectivity index (χ1n) is 6.28. The van der Waals surface area contributed by atoms with Gasteiger partial charge in [0.15, 0.2) is 0 Å². The largest absolute Gasteiger partial charge is 0.496 e. The van der Waals surface area contributed by atoms with Gasteiger partial charge in [0.25, 0.3) is 0 Å². The number of aryl methyl sites for hydroxylation is 1. The minimum Gasteiger partial charge on any atom is -0.496 e. The van der Waals surface area contributed by atoms with Crippen LogP contribution >= 0.6 is 15.9 Å². The van der Waals surface area contributed by atoms with Gasteiger partial charge in [0, 0.05) is 17.6 Å². The molecule has 0 spiro atoms. The highest BCUT2D eigenvalue weighted by Crippen LogP contribution is 2.19. The summed E-state index contributed by atoms with van der Waals surface area (Å²) in [6.07, 6.45) is 0. The molecule has 1 N–H and O–H groups in total. The van der Waals surface area contributed by atoms with Crippen molar-refractivity contribution in [1.29, 1.82) is 0 Å². The van der Waals surface area contributed by atoms with Crippen LogP contribution < -0.4 is 10.1 Å². The van der Waals surface area contributed by atoms with E-state index < -0.39 is 0 Å². The molecule has 0 amide bonds. The highest BCUT2D eigenvalue weighted by Gasteiger charge is 2.01. The maximum absolute atomic E-state index is 5.26. The van der Waals surface area contributed by atoms with E-state index >= 15 is 0 Å². The van der Waals surface area contributed by atoms with Crippen LogP contribution in [-0.4, -0.2) is 7.11 Å². The molecule has 0 heterocycles. The van der Waals surface area contributed by atoms with Crippen LogP contribution in [0.5, 0.6) is 5.75 Å². The Labute approximate surface area is 122 Å². The molecule has 2 rings (SSSR count). The summed E-state index contributed by atoms with van der Waals surface area (Å²) in [5, 5.41) is 3.45. The molecule has 0 saturated carbocycles. The lowest BCUT2D eigenvalue weighted by atomic mass is 10.1. The number of hydrogen-bond donors (Lipinski definition) is 1. The molecule has 100 valence electrons. The summed E-state index contributed by atoms with van der Waals surface area (Å²) >= 11 is 3.56. The SMILES string of the molecule is COc1ccc(CNCc2ccccc2Br)cc1C. The van der Waals surface area contributed by atoms with E-state index in [1.807, 2.05) is 12.1 Å². The molecule has 19 heavy (non-hydrogen) atoms. The Hall–Kier alpha value is -1.32. The minimum absolute atomic E-state index is 0.853. The van der Waals surface area contributed by atoms with Crippen LogP contribution in [0, 0.1) is 6.92 Å². The summed E-state index contributed by atoms with van der Waals surface area (Å²) in [6.45, 7) is 3.77. The van der Waals surface area contributed by atoms with Crippen LogP contribution in [0.4, 0.5) is 0 Å². The van der Waals surface area contributed by atoms with Crippen molar-refractivity contribution in [2.75, 3.05) is 7.11 Å². The fourth-order valence-electron chi connectivity index (χ4n) is 2.03. The molecule has 0 aliphatic carbocycles. The molecule has 2 aromatic carbocycles. The van der Waals surface area contributed by atoms with Crippen LogP contribution in [0.2, 0.25) is 0 Å². The Morgan fingerprint density at radius 2 is 1.89 bits per heavy atom. The Morgan fingerprint density at radius 3 is 2.58 bits per heavy atom. The molecule has 0 atom stereocenters. The number of methoxy groups -OCH3 is 1. The third-order valence-electron chi connectivity index (χ3n) is 3.06. The van der Waals surface area contributed by atoms with Crippen molar-refractivity contribution < 1.29 is 4.74 Å². The average molecular weight is 320 g/mol. The Bertz CT molecular complexity index is 554. The number of ether oxygens (including phenoxy) is 1. The first kappa shape index (κ1) is 14.1. The van der Waals surface area contributed by atoms with E-state index in [9.17, 15) is 0 Å². The van der Waals surface area contributed by atoms with Crippen molar-refractivity contribution in [1.82, 2.24) is 5.32 Å². The number of halogens is 1. The van der Waals surface area contributed by atoms with Gasteiger partial charge in [-0.1, -0.05) is 46.3 Å². The van der Waals surface area contributed by atoms with E-state index in [1.165, 1.54) is 16.7 Å². The second-order valence-corrected chi connectivity index (χ2v) is 5.35. The predicted molar refractivity (Wildman–Crippen MR) is 82.4 cm³/mol. The van der Waals surface area contributed by atoms with Crippen molar-refractivity contribution in [3.05, 3.63) is 63.6 Å². The van der Waals surface area contributed by atoms with Crippen LogP contribution in [0.15, 0.2) is 46.9 Å². The fraction of sp³-hybridized carbons (Fsp3) is 0.250. The molecular formula is C16H18BrNO. The van der Waals surface area contributed by atoms with Gasteiger partial charge < -0.3 is 10.1 Å². The number of benzene rings is 2. The van der Waals surface area contributed by atoms with Gasteiger partial charge in [0.2, 0.25) is 0 Å². The number of rotatable bonds is 5. The summed E-state index contributed by atoms with van der Waals surface area (Å²) in [7, 11) is 1.70. The lowest BCUT2D eigenvalue weighted by molar-refractivity contribution is 0.411. The maximum atomic E-state index is 5.26. The summed E-state index contributed by atoms with van der Waals surface area (Å²) in [6, 6.07) is 14.5. The van der Waals surface area contributed by atoms with Gasteiger partial charge in [0.1, 0.15) is 5.75 Å². The summed E-state index contributed by atoms with van der Waals surface area (Å²) < 4.78 is 6.41. The van der Waals surface area contributed by atoms with Crippen LogP contribution in [0.1, 0.15) is 16.7 Å². The van der Waals surface area contributed by atoms with Gasteiger partial charge in [-0.2, -0.15) is 0 Å². The van der Waals surface area contributed by atoms with E-state index in [2.05, 4.69) is 58.5 Å². The molecule has 0 aliphatic heterocycles. The molecular weight excluding hydrogens is 302 g/mol. The zero-order chi connectivity index (χ0) is 13.7. The molecule has 0 aromatic heterocycles. The lowest BCUT2D eigenvalue weighted by Crippen LogP contribution is -2.13. The lowest BCUT2D eigenvalue weighted by Gasteiger charge is -2.09. The van der Waals surface area contributed by atoms with Gasteiger partial charge in [-0.25, -0.2) is 0 Å². The highest BCUT2D eigenvalue weighted by atomic mass is 79.9. The third kappa shape index (κ3) is 3.82. The van der Waals surface area contributed by atoms with Crippen molar-refractivity contribution in [2.45, 2.75) is 20.0 Å². The van der Waals surface area contributed by atoms with Crippen molar-refractivity contribution in [3.8, 4) is 5.75 Å². The van der Waals surface area contributed by atoms with E-state index in [0.29, 0.717) is 0 Å². The van der Waals surface area contributed by atoms with Crippen LogP contribution in [-0.2, 0) is 13.1 Å². The Kier molecular flexibility index (Phi) is 5.00. The molecule has 3 heteroatoms. The van der Waals surface area contributed by atoms with E-state index in [1.54, 1.807) is 7.11 Å². The highest BCUT2D eigenvalue weighted by molar-refractivity contribution is 9.10. The van der Waals surface area contributed by atoms with Crippen molar-refractivity contribution in [3.63, 3.8) is 0 Å². The van der Waals surface area contributed by atoms with E-state index in [-0.39, 0.29) is 0 Å². The van der Waals surface area contributed by atoms with Gasteiger partial charge in [-0.3, -0.25) is 0 Å². The van der Waals surface area contributed by atoms with Gasteiger partial charge in [0.05, 0.1) is 7.11 Å².